The Bertz CT molecular complexity index is 1080. The topological polar surface area (TPSA) is 98.2 Å². The highest BCUT2D eigenvalue weighted by atomic mass is 32.2. The highest BCUT2D eigenvalue weighted by Gasteiger charge is 2.23. The zero-order valence-electron chi connectivity index (χ0n) is 14.0. The maximum absolute atomic E-state index is 13.7. The molecule has 2 aromatic carbocycles. The summed E-state index contributed by atoms with van der Waals surface area (Å²) < 4.78 is 43.3. The zero-order valence-corrected chi connectivity index (χ0v) is 15.7. The molecule has 3 aromatic rings. The maximum Gasteiger partial charge on any atom is 0.257 e. The molecule has 0 saturated heterocycles. The fourth-order valence-electron chi connectivity index (χ4n) is 2.20. The molecule has 10 heteroatoms. The van der Waals surface area contributed by atoms with Crippen molar-refractivity contribution in [1.82, 2.24) is 10.2 Å². The first-order valence-electron chi connectivity index (χ1n) is 7.64. The van der Waals surface area contributed by atoms with Gasteiger partial charge >= 0.3 is 0 Å². The van der Waals surface area contributed by atoms with E-state index in [1.165, 1.54) is 31.4 Å². The number of hydrogen-bond acceptors (Lipinski definition) is 7. The van der Waals surface area contributed by atoms with Crippen LogP contribution in [0.15, 0.2) is 52.9 Å². The molecule has 1 aromatic heterocycles. The Morgan fingerprint density at radius 2 is 1.96 bits per heavy atom. The summed E-state index contributed by atoms with van der Waals surface area (Å²) in [7, 11) is -2.41. The molecule has 0 bridgehead atoms. The molecule has 0 atom stereocenters. The van der Waals surface area contributed by atoms with Gasteiger partial charge in [0.15, 0.2) is 0 Å². The van der Waals surface area contributed by atoms with Gasteiger partial charge in [-0.2, -0.15) is 0 Å². The molecule has 0 unspecified atom stereocenters. The van der Waals surface area contributed by atoms with Crippen molar-refractivity contribution in [1.29, 1.82) is 0 Å². The van der Waals surface area contributed by atoms with Crippen molar-refractivity contribution < 1.29 is 22.3 Å². The monoisotopic (exact) mass is 407 g/mol. The van der Waals surface area contributed by atoms with Crippen LogP contribution in [0.3, 0.4) is 0 Å². The molecule has 0 radical (unpaired) electrons. The van der Waals surface area contributed by atoms with Gasteiger partial charge in [-0.25, -0.2) is 12.8 Å². The number of benzene rings is 2. The van der Waals surface area contributed by atoms with Crippen molar-refractivity contribution >= 4 is 32.2 Å². The molecule has 1 amide bonds. The van der Waals surface area contributed by atoms with Crippen LogP contribution >= 0.6 is 11.3 Å². The van der Waals surface area contributed by atoms with Gasteiger partial charge in [-0.1, -0.05) is 35.6 Å². The lowest BCUT2D eigenvalue weighted by Crippen LogP contribution is -2.11. The number of nitrogens with one attached hydrogen (secondary N) is 1. The SMILES string of the molecule is COc1cccc(C(=O)Nc2nnc(S(=O)(=O)Cc3ccccc3F)s2)c1. The van der Waals surface area contributed by atoms with Crippen LogP contribution in [-0.4, -0.2) is 31.6 Å². The number of anilines is 1. The van der Waals surface area contributed by atoms with E-state index in [-0.39, 0.29) is 15.0 Å². The van der Waals surface area contributed by atoms with Gasteiger partial charge in [0.1, 0.15) is 11.6 Å². The molecule has 0 aliphatic rings. The van der Waals surface area contributed by atoms with Crippen molar-refractivity contribution in [2.24, 2.45) is 0 Å². The Morgan fingerprint density at radius 1 is 1.19 bits per heavy atom. The Morgan fingerprint density at radius 3 is 2.70 bits per heavy atom. The normalized spacial score (nSPS) is 11.2. The first kappa shape index (κ1) is 18.9. The number of nitrogens with zero attached hydrogens (tertiary/aromatic N) is 2. The standard InChI is InChI=1S/C17H14FN3O4S2/c1-25-13-7-4-6-11(9-13)15(22)19-16-20-21-17(26-16)27(23,24)10-12-5-2-3-8-14(12)18/h2-9H,10H2,1H3,(H,19,20,22). The lowest BCUT2D eigenvalue weighted by Gasteiger charge is -2.03. The van der Waals surface area contributed by atoms with Crippen LogP contribution in [0.5, 0.6) is 5.75 Å². The third-order valence-electron chi connectivity index (χ3n) is 3.53. The van der Waals surface area contributed by atoms with Crippen molar-refractivity contribution in [3.8, 4) is 5.75 Å². The molecule has 140 valence electrons. The maximum atomic E-state index is 13.7. The summed E-state index contributed by atoms with van der Waals surface area (Å²) in [5.74, 6) is -1.13. The van der Waals surface area contributed by atoms with Gasteiger partial charge in [0.25, 0.3) is 5.91 Å². The van der Waals surface area contributed by atoms with Gasteiger partial charge in [0.05, 0.1) is 12.9 Å². The molecule has 0 aliphatic carbocycles. The van der Waals surface area contributed by atoms with E-state index in [1.54, 1.807) is 24.3 Å². The fourth-order valence-corrected chi connectivity index (χ4v) is 4.53. The Hall–Kier alpha value is -2.85. The fraction of sp³-hybridized carbons (Fsp3) is 0.118. The number of ether oxygens (including phenoxy) is 1. The average molecular weight is 407 g/mol. The highest BCUT2D eigenvalue weighted by molar-refractivity contribution is 7.92. The highest BCUT2D eigenvalue weighted by Crippen LogP contribution is 2.25. The van der Waals surface area contributed by atoms with Crippen LogP contribution < -0.4 is 10.1 Å². The van der Waals surface area contributed by atoms with E-state index in [1.807, 2.05) is 0 Å². The number of carbonyl (C=O) groups excluding carboxylic acids is 1. The minimum absolute atomic E-state index is 0.0231. The van der Waals surface area contributed by atoms with Crippen LogP contribution in [-0.2, 0) is 15.6 Å². The number of aromatic nitrogens is 2. The van der Waals surface area contributed by atoms with Crippen molar-refractivity contribution in [2.75, 3.05) is 12.4 Å². The predicted molar refractivity (Wildman–Crippen MR) is 98.1 cm³/mol. The largest absolute Gasteiger partial charge is 0.497 e. The smallest absolute Gasteiger partial charge is 0.257 e. The molecule has 0 aliphatic heterocycles. The van der Waals surface area contributed by atoms with Crippen LogP contribution in [0, 0.1) is 5.82 Å². The molecule has 1 heterocycles. The number of halogens is 1. The molecule has 7 nitrogen and oxygen atoms in total. The minimum Gasteiger partial charge on any atom is -0.497 e. The summed E-state index contributed by atoms with van der Waals surface area (Å²) in [5.41, 5.74) is 0.356. The minimum atomic E-state index is -3.89. The Kier molecular flexibility index (Phi) is 5.47. The molecular weight excluding hydrogens is 393 g/mol. The number of sulfone groups is 1. The average Bonchev–Trinajstić information content (AvgIpc) is 3.13. The summed E-state index contributed by atoms with van der Waals surface area (Å²) in [4.78, 5) is 12.3. The van der Waals surface area contributed by atoms with Gasteiger partial charge in [-0.15, -0.1) is 10.2 Å². The van der Waals surface area contributed by atoms with Crippen molar-refractivity contribution in [2.45, 2.75) is 10.1 Å². The van der Waals surface area contributed by atoms with E-state index in [2.05, 4.69) is 15.5 Å². The number of amides is 1. The van der Waals surface area contributed by atoms with Crippen LogP contribution in [0.1, 0.15) is 15.9 Å². The van der Waals surface area contributed by atoms with Crippen molar-refractivity contribution in [3.63, 3.8) is 0 Å². The zero-order chi connectivity index (χ0) is 19.4. The Labute approximate surface area is 158 Å². The van der Waals surface area contributed by atoms with Crippen LogP contribution in [0.4, 0.5) is 9.52 Å². The second-order valence-electron chi connectivity index (χ2n) is 5.41. The quantitative estimate of drug-likeness (QED) is 0.631. The van der Waals surface area contributed by atoms with Gasteiger partial charge in [-0.3, -0.25) is 10.1 Å². The van der Waals surface area contributed by atoms with Crippen LogP contribution in [0.25, 0.3) is 0 Å². The van der Waals surface area contributed by atoms with Gasteiger partial charge in [0, 0.05) is 11.1 Å². The number of hydrogen-bond donors (Lipinski definition) is 1. The third-order valence-corrected chi connectivity index (χ3v) is 6.48. The van der Waals surface area contributed by atoms with Crippen molar-refractivity contribution in [3.05, 3.63) is 65.5 Å². The summed E-state index contributed by atoms with van der Waals surface area (Å²) in [6.07, 6.45) is 0. The van der Waals surface area contributed by atoms with E-state index in [0.717, 1.165) is 0 Å². The van der Waals surface area contributed by atoms with E-state index in [9.17, 15) is 17.6 Å². The number of methoxy groups -OCH3 is 1. The Balaban J connectivity index is 1.76. The summed E-state index contributed by atoms with van der Waals surface area (Å²) in [6.45, 7) is 0. The number of rotatable bonds is 6. The number of carbonyl (C=O) groups is 1. The lowest BCUT2D eigenvalue weighted by molar-refractivity contribution is 0.102. The predicted octanol–water partition coefficient (Wildman–Crippen LogP) is 2.91. The molecule has 0 saturated carbocycles. The van der Waals surface area contributed by atoms with E-state index < -0.39 is 27.3 Å². The molecule has 27 heavy (non-hydrogen) atoms. The van der Waals surface area contributed by atoms with E-state index in [0.29, 0.717) is 22.6 Å². The molecule has 3 rings (SSSR count). The third kappa shape index (κ3) is 4.47. The van der Waals surface area contributed by atoms with Gasteiger partial charge < -0.3 is 4.74 Å². The first-order valence-corrected chi connectivity index (χ1v) is 10.1. The lowest BCUT2D eigenvalue weighted by atomic mass is 10.2. The summed E-state index contributed by atoms with van der Waals surface area (Å²) in [5, 5.41) is 9.81. The molecule has 0 spiro atoms. The van der Waals surface area contributed by atoms with Crippen LogP contribution in [0.2, 0.25) is 0 Å². The molecular formula is C17H14FN3O4S2. The summed E-state index contributed by atoms with van der Waals surface area (Å²) >= 11 is 0.702. The van der Waals surface area contributed by atoms with E-state index in [4.69, 9.17) is 4.74 Å². The van der Waals surface area contributed by atoms with E-state index >= 15 is 0 Å². The molecule has 0 fully saturated rings. The summed E-state index contributed by atoms with van der Waals surface area (Å²) in [6, 6.07) is 12.1. The molecule has 1 N–H and O–H groups in total. The van der Waals surface area contributed by atoms with Gasteiger partial charge in [0.2, 0.25) is 19.3 Å². The second-order valence-corrected chi connectivity index (χ2v) is 8.55. The second kappa shape index (κ2) is 7.80. The van der Waals surface area contributed by atoms with Gasteiger partial charge in [-0.05, 0) is 24.3 Å². The first-order chi connectivity index (χ1) is 12.9.